The van der Waals surface area contributed by atoms with Crippen molar-refractivity contribution >= 4 is 16.5 Å². The van der Waals surface area contributed by atoms with Crippen molar-refractivity contribution in [3.8, 4) is 11.3 Å². The average Bonchev–Trinajstić information content (AvgIpc) is 2.48. The Morgan fingerprint density at radius 1 is 1.05 bits per heavy atom. The van der Waals surface area contributed by atoms with Gasteiger partial charge in [0, 0.05) is 27.7 Å². The van der Waals surface area contributed by atoms with E-state index < -0.39 is 0 Å². The van der Waals surface area contributed by atoms with Gasteiger partial charge in [-0.2, -0.15) is 0 Å². The Kier molecular flexibility index (Phi) is 3.07. The van der Waals surface area contributed by atoms with Gasteiger partial charge in [-0.25, -0.2) is 0 Å². The Labute approximate surface area is 116 Å². The van der Waals surface area contributed by atoms with Crippen LogP contribution in [0.5, 0.6) is 0 Å². The lowest BCUT2D eigenvalue weighted by atomic mass is 10.0. The third kappa shape index (κ3) is 2.20. The zero-order valence-electron chi connectivity index (χ0n) is 11.0. The van der Waals surface area contributed by atoms with Gasteiger partial charge >= 0.3 is 0 Å². The molecule has 0 bridgehead atoms. The van der Waals surface area contributed by atoms with Crippen LogP contribution in [-0.4, -0.2) is 4.98 Å². The van der Waals surface area contributed by atoms with Crippen molar-refractivity contribution in [2.45, 2.75) is 6.92 Å². The molecule has 0 saturated carbocycles. The van der Waals surface area contributed by atoms with E-state index in [1.807, 2.05) is 24.4 Å². The first kappa shape index (κ1) is 12.2. The summed E-state index contributed by atoms with van der Waals surface area (Å²) < 4.78 is 0. The van der Waals surface area contributed by atoms with Gasteiger partial charge in [-0.15, -0.1) is 0 Å². The normalized spacial score (nSPS) is 10.2. The maximum Gasteiger partial charge on any atom is 0.0780 e. The Hall–Kier alpha value is -2.84. The molecule has 4 nitrogen and oxygen atoms in total. The number of azide groups is 1. The Balaban J connectivity index is 2.18. The van der Waals surface area contributed by atoms with E-state index in [1.165, 1.54) is 10.9 Å². The third-order valence-corrected chi connectivity index (χ3v) is 3.22. The summed E-state index contributed by atoms with van der Waals surface area (Å²) in [5, 5.41) is 5.87. The molecule has 2 aromatic carbocycles. The molecule has 4 heteroatoms. The summed E-state index contributed by atoms with van der Waals surface area (Å²) >= 11 is 0. The molecule has 1 heterocycles. The van der Waals surface area contributed by atoms with Crippen LogP contribution in [0.4, 0.5) is 5.69 Å². The van der Waals surface area contributed by atoms with Gasteiger partial charge in [0.25, 0.3) is 0 Å². The van der Waals surface area contributed by atoms with Gasteiger partial charge in [-0.1, -0.05) is 47.1 Å². The summed E-state index contributed by atoms with van der Waals surface area (Å²) in [5.74, 6) is 0. The summed E-state index contributed by atoms with van der Waals surface area (Å²) in [5.41, 5.74) is 12.2. The van der Waals surface area contributed by atoms with Crippen molar-refractivity contribution in [2.75, 3.05) is 0 Å². The summed E-state index contributed by atoms with van der Waals surface area (Å²) in [6, 6.07) is 15.8. The number of hydrogen-bond donors (Lipinski definition) is 0. The number of aryl methyl sites for hydroxylation is 1. The van der Waals surface area contributed by atoms with Crippen molar-refractivity contribution < 1.29 is 0 Å². The maximum atomic E-state index is 8.42. The van der Waals surface area contributed by atoms with Crippen molar-refractivity contribution in [1.29, 1.82) is 0 Å². The Bertz CT molecular complexity index is 816. The van der Waals surface area contributed by atoms with E-state index in [2.05, 4.69) is 40.1 Å². The Morgan fingerprint density at radius 2 is 1.85 bits per heavy atom. The molecule has 0 aliphatic rings. The molecule has 96 valence electrons. The molecule has 3 aromatic rings. The second-order valence-corrected chi connectivity index (χ2v) is 4.62. The molecule has 1 aromatic heterocycles. The molecule has 0 unspecified atom stereocenters. The fourth-order valence-corrected chi connectivity index (χ4v) is 2.25. The Morgan fingerprint density at radius 3 is 2.60 bits per heavy atom. The smallest absolute Gasteiger partial charge is 0.0780 e. The van der Waals surface area contributed by atoms with Crippen LogP contribution in [0.3, 0.4) is 0 Å². The van der Waals surface area contributed by atoms with Gasteiger partial charge in [0.05, 0.1) is 5.69 Å². The fraction of sp³-hybridized carbons (Fsp3) is 0.0625. The summed E-state index contributed by atoms with van der Waals surface area (Å²) in [4.78, 5) is 7.27. The predicted molar refractivity (Wildman–Crippen MR) is 80.7 cm³/mol. The highest BCUT2D eigenvalue weighted by molar-refractivity contribution is 5.94. The minimum absolute atomic E-state index is 0.604. The minimum Gasteiger partial charge on any atom is -0.256 e. The second kappa shape index (κ2) is 5.03. The third-order valence-electron chi connectivity index (χ3n) is 3.22. The number of aromatic nitrogens is 1. The van der Waals surface area contributed by atoms with Crippen LogP contribution in [0.2, 0.25) is 0 Å². The topological polar surface area (TPSA) is 61.7 Å². The molecule has 0 amide bonds. The highest BCUT2D eigenvalue weighted by atomic mass is 15.1. The number of fused-ring (bicyclic) bond motifs is 1. The van der Waals surface area contributed by atoms with Crippen molar-refractivity contribution in [1.82, 2.24) is 4.98 Å². The maximum absolute atomic E-state index is 8.42. The first-order chi connectivity index (χ1) is 9.78. The molecule has 0 radical (unpaired) electrons. The molecule has 0 aliphatic carbocycles. The number of rotatable bonds is 2. The molecule has 0 spiro atoms. The lowest BCUT2D eigenvalue weighted by Gasteiger charge is -2.07. The van der Waals surface area contributed by atoms with Gasteiger partial charge in [0.1, 0.15) is 0 Å². The van der Waals surface area contributed by atoms with Gasteiger partial charge in [-0.3, -0.25) is 4.98 Å². The van der Waals surface area contributed by atoms with E-state index >= 15 is 0 Å². The van der Waals surface area contributed by atoms with Crippen molar-refractivity contribution in [3.05, 3.63) is 70.7 Å². The molecule has 0 aliphatic heterocycles. The highest BCUT2D eigenvalue weighted by Gasteiger charge is 2.05. The number of hydrogen-bond acceptors (Lipinski definition) is 2. The standard InChI is InChI=1S/C16H12N4/c1-11-2-3-12-8-9-18-16(15(12)10-11)13-4-6-14(7-5-13)19-20-17/h2-10H,1H3. The first-order valence-corrected chi connectivity index (χ1v) is 6.29. The quantitative estimate of drug-likeness (QED) is 0.357. The van der Waals surface area contributed by atoms with Crippen LogP contribution in [0.15, 0.2) is 59.8 Å². The van der Waals surface area contributed by atoms with Crippen molar-refractivity contribution in [3.63, 3.8) is 0 Å². The highest BCUT2D eigenvalue weighted by Crippen LogP contribution is 2.28. The van der Waals surface area contributed by atoms with Crippen molar-refractivity contribution in [2.24, 2.45) is 5.11 Å². The van der Waals surface area contributed by atoms with Crippen LogP contribution in [0.1, 0.15) is 5.56 Å². The summed E-state index contributed by atoms with van der Waals surface area (Å²) in [6.45, 7) is 2.07. The molecule has 0 atom stereocenters. The van der Waals surface area contributed by atoms with E-state index in [9.17, 15) is 0 Å². The number of pyridine rings is 1. The largest absolute Gasteiger partial charge is 0.256 e. The number of benzene rings is 2. The zero-order chi connectivity index (χ0) is 13.9. The van der Waals surface area contributed by atoms with Gasteiger partial charge < -0.3 is 0 Å². The minimum atomic E-state index is 0.604. The molecular formula is C16H12N4. The SMILES string of the molecule is Cc1ccc2ccnc(-c3ccc(N=[N+]=[N-])cc3)c2c1. The number of nitrogens with zero attached hydrogens (tertiary/aromatic N) is 4. The summed E-state index contributed by atoms with van der Waals surface area (Å²) in [6.07, 6.45) is 1.81. The predicted octanol–water partition coefficient (Wildman–Crippen LogP) is 5.15. The molecule has 0 saturated heterocycles. The van der Waals surface area contributed by atoms with E-state index in [1.54, 1.807) is 12.1 Å². The fourth-order valence-electron chi connectivity index (χ4n) is 2.25. The molecule has 20 heavy (non-hydrogen) atoms. The second-order valence-electron chi connectivity index (χ2n) is 4.62. The lowest BCUT2D eigenvalue weighted by Crippen LogP contribution is -1.86. The van der Waals surface area contributed by atoms with Gasteiger partial charge in [0.2, 0.25) is 0 Å². The summed E-state index contributed by atoms with van der Waals surface area (Å²) in [7, 11) is 0. The first-order valence-electron chi connectivity index (χ1n) is 6.29. The zero-order valence-corrected chi connectivity index (χ0v) is 11.0. The molecule has 3 rings (SSSR count). The van der Waals surface area contributed by atoms with E-state index in [0.717, 1.165) is 16.6 Å². The van der Waals surface area contributed by atoms with E-state index in [-0.39, 0.29) is 0 Å². The van der Waals surface area contributed by atoms with E-state index in [0.29, 0.717) is 5.69 Å². The van der Waals surface area contributed by atoms with Gasteiger partial charge in [-0.05, 0) is 30.0 Å². The molecule has 0 N–H and O–H groups in total. The van der Waals surface area contributed by atoms with E-state index in [4.69, 9.17) is 5.53 Å². The van der Waals surface area contributed by atoms with Gasteiger partial charge in [0.15, 0.2) is 0 Å². The molecule has 0 fully saturated rings. The van der Waals surface area contributed by atoms with Crippen LogP contribution in [0.25, 0.3) is 32.5 Å². The van der Waals surface area contributed by atoms with Crippen LogP contribution in [-0.2, 0) is 0 Å². The van der Waals surface area contributed by atoms with Crippen LogP contribution in [0, 0.1) is 6.92 Å². The monoisotopic (exact) mass is 260 g/mol. The molecular weight excluding hydrogens is 248 g/mol. The average molecular weight is 260 g/mol. The van der Waals surface area contributed by atoms with Crippen LogP contribution >= 0.6 is 0 Å². The lowest BCUT2D eigenvalue weighted by molar-refractivity contribution is 1.35. The van der Waals surface area contributed by atoms with Crippen LogP contribution < -0.4 is 0 Å².